The van der Waals surface area contributed by atoms with E-state index in [1.165, 1.54) is 34.4 Å². The largest absolute Gasteiger partial charge is 0.364 e. The van der Waals surface area contributed by atoms with Crippen molar-refractivity contribution in [3.8, 4) is 10.4 Å². The molecule has 1 saturated carbocycles. The third kappa shape index (κ3) is 5.01. The fraction of sp³-hybridized carbons (Fsp3) is 0.355. The lowest BCUT2D eigenvalue weighted by molar-refractivity contribution is 0.290. The van der Waals surface area contributed by atoms with E-state index in [4.69, 9.17) is 9.97 Å². The summed E-state index contributed by atoms with van der Waals surface area (Å²) < 4.78 is 0. The summed E-state index contributed by atoms with van der Waals surface area (Å²) in [5.74, 6) is 11.5. The van der Waals surface area contributed by atoms with Gasteiger partial charge in [0.2, 0.25) is 0 Å². The van der Waals surface area contributed by atoms with Crippen molar-refractivity contribution in [2.24, 2.45) is 5.92 Å². The van der Waals surface area contributed by atoms with Crippen LogP contribution in [0.5, 0.6) is 0 Å². The number of piperazine rings is 1. The first-order chi connectivity index (χ1) is 18.6. The predicted octanol–water partition coefficient (Wildman–Crippen LogP) is 6.42. The minimum Gasteiger partial charge on any atom is -0.364 e. The van der Waals surface area contributed by atoms with Crippen LogP contribution >= 0.6 is 20.5 Å². The quantitative estimate of drug-likeness (QED) is 0.326. The number of benzene rings is 1. The Kier molecular flexibility index (Phi) is 6.60. The zero-order valence-electron chi connectivity index (χ0n) is 23.2. The molecule has 1 aromatic carbocycles. The Morgan fingerprint density at radius 2 is 1.97 bits per heavy atom. The number of hydrogen-bond acceptors (Lipinski definition) is 7. The van der Waals surface area contributed by atoms with Crippen molar-refractivity contribution >= 4 is 54.7 Å². The maximum atomic E-state index is 4.89. The van der Waals surface area contributed by atoms with Gasteiger partial charge in [-0.1, -0.05) is 42.3 Å². The van der Waals surface area contributed by atoms with Crippen LogP contribution in [0.4, 0.5) is 16.8 Å². The molecule has 6 nitrogen and oxygen atoms in total. The number of nitrogens with zero attached hydrogens (tertiary/aromatic N) is 4. The van der Waals surface area contributed by atoms with Gasteiger partial charge in [-0.05, 0) is 74.3 Å². The molecule has 0 bridgehead atoms. The Morgan fingerprint density at radius 1 is 1.18 bits per heavy atom. The summed E-state index contributed by atoms with van der Waals surface area (Å²) in [4.78, 5) is 16.8. The van der Waals surface area contributed by atoms with Gasteiger partial charge < -0.3 is 20.4 Å². The van der Waals surface area contributed by atoms with Gasteiger partial charge in [0, 0.05) is 54.1 Å². The van der Waals surface area contributed by atoms with Crippen LogP contribution in [0, 0.1) is 12.8 Å². The summed E-state index contributed by atoms with van der Waals surface area (Å²) >= 11 is 1.67. The van der Waals surface area contributed by atoms with Crippen molar-refractivity contribution < 1.29 is 0 Å². The molecule has 0 spiro atoms. The molecule has 1 saturated heterocycles. The van der Waals surface area contributed by atoms with Gasteiger partial charge >= 0.3 is 0 Å². The molecule has 2 N–H and O–H groups in total. The van der Waals surface area contributed by atoms with E-state index in [2.05, 4.69) is 77.6 Å². The molecule has 1 atom stereocenters. The molecule has 1 unspecified atom stereocenters. The van der Waals surface area contributed by atoms with Crippen molar-refractivity contribution in [2.75, 3.05) is 36.1 Å². The van der Waals surface area contributed by atoms with Crippen molar-refractivity contribution in [2.45, 2.75) is 44.2 Å². The fourth-order valence-corrected chi connectivity index (χ4v) is 7.83. The number of pyridine rings is 1. The molecular formula is C31H38N6S2. The number of rotatable bonds is 7. The van der Waals surface area contributed by atoms with Crippen molar-refractivity contribution in [3.63, 3.8) is 0 Å². The number of hydrogen-bond donors (Lipinski definition) is 2. The highest BCUT2D eigenvalue weighted by atomic mass is 32.2. The molecule has 0 radical (unpaired) electrons. The van der Waals surface area contributed by atoms with Gasteiger partial charge in [-0.25, -0.2) is 9.97 Å². The smallest absolute Gasteiger partial charge is 0.189 e. The van der Waals surface area contributed by atoms with Gasteiger partial charge in [-0.3, -0.25) is 0 Å². The van der Waals surface area contributed by atoms with E-state index < -0.39 is 9.21 Å². The van der Waals surface area contributed by atoms with Crippen LogP contribution in [0.15, 0.2) is 54.1 Å². The summed E-state index contributed by atoms with van der Waals surface area (Å²) in [6.07, 6.45) is 4.82. The van der Waals surface area contributed by atoms with Crippen molar-refractivity contribution in [1.29, 1.82) is 0 Å². The molecule has 4 heterocycles. The van der Waals surface area contributed by atoms with Crippen LogP contribution < -0.4 is 15.5 Å². The zero-order valence-corrected chi connectivity index (χ0v) is 24.9. The monoisotopic (exact) mass is 558 g/mol. The lowest BCUT2D eigenvalue weighted by atomic mass is 10.0. The van der Waals surface area contributed by atoms with E-state index in [9.17, 15) is 0 Å². The third-order valence-corrected chi connectivity index (χ3v) is 10.5. The lowest BCUT2D eigenvalue weighted by Gasteiger charge is -2.30. The predicted molar refractivity (Wildman–Crippen MR) is 172 cm³/mol. The Bertz CT molecular complexity index is 1580. The molecule has 6 rings (SSSR count). The second-order valence-corrected chi connectivity index (χ2v) is 15.3. The first kappa shape index (κ1) is 26.2. The van der Waals surface area contributed by atoms with Crippen molar-refractivity contribution in [3.05, 3.63) is 66.0 Å². The summed E-state index contributed by atoms with van der Waals surface area (Å²) in [7, 11) is -1.47. The minimum atomic E-state index is -1.47. The molecule has 3 aliphatic rings. The number of aromatic nitrogens is 2. The minimum absolute atomic E-state index is 0.514. The van der Waals surface area contributed by atoms with E-state index in [1.807, 2.05) is 18.2 Å². The standard InChI is InChI=1S/C31H38N6S2/c1-19-17-32-13-14-36(19)28-10-8-9-27(34-28)35-31-33-20(2)30(38-31)24-15-25-18-37(21(3)23-11-12-23)22(4)29(25)26(16-24)39(5,6)7/h8-10,15-16,21,23,32H,1,4-6,11-14,17-18H2,2-3,7H3,(H,33,34,35). The zero-order chi connectivity index (χ0) is 27.5. The molecule has 2 aromatic heterocycles. The normalized spacial score (nSPS) is 18.4. The van der Waals surface area contributed by atoms with Gasteiger partial charge in [0.25, 0.3) is 0 Å². The topological polar surface area (TPSA) is 56.3 Å². The van der Waals surface area contributed by atoms with E-state index in [1.54, 1.807) is 11.3 Å². The second kappa shape index (κ2) is 9.84. The molecule has 0 amide bonds. The van der Waals surface area contributed by atoms with Crippen LogP contribution in [0.25, 0.3) is 16.1 Å². The molecular weight excluding hydrogens is 521 g/mol. The average molecular weight is 559 g/mol. The van der Waals surface area contributed by atoms with Crippen LogP contribution in [0.3, 0.4) is 0 Å². The second-order valence-electron chi connectivity index (χ2n) is 11.3. The number of fused-ring (bicyclic) bond motifs is 1. The highest BCUT2D eigenvalue weighted by Crippen LogP contribution is 2.48. The number of aryl methyl sites for hydroxylation is 1. The molecule has 204 valence electrons. The summed E-state index contributed by atoms with van der Waals surface area (Å²) in [6, 6.07) is 11.2. The van der Waals surface area contributed by atoms with E-state index in [0.717, 1.165) is 70.8 Å². The molecule has 2 fully saturated rings. The van der Waals surface area contributed by atoms with Crippen LogP contribution in [0.1, 0.15) is 36.6 Å². The molecule has 3 aromatic rings. The fourth-order valence-electron chi connectivity index (χ4n) is 5.71. The molecule has 8 heteroatoms. The Balaban J connectivity index is 1.31. The Labute approximate surface area is 237 Å². The SMILES string of the molecule is C=C1CNCCN1c1cccc(Nc2nc(C)c(-c3cc4c(c(S(=C)(=C)C)c3)C(=C)N(C(C)C3CC3)C4)s2)n1. The highest BCUT2D eigenvalue weighted by Gasteiger charge is 2.37. The van der Waals surface area contributed by atoms with E-state index in [0.29, 0.717) is 6.04 Å². The van der Waals surface area contributed by atoms with Gasteiger partial charge in [0.05, 0.1) is 10.6 Å². The molecule has 39 heavy (non-hydrogen) atoms. The Morgan fingerprint density at radius 3 is 2.69 bits per heavy atom. The first-order valence-corrected chi connectivity index (χ1v) is 16.7. The Hall–Kier alpha value is -3.07. The molecule has 1 aliphatic carbocycles. The third-order valence-electron chi connectivity index (χ3n) is 8.01. The number of anilines is 3. The van der Waals surface area contributed by atoms with Crippen LogP contribution in [-0.4, -0.2) is 58.5 Å². The van der Waals surface area contributed by atoms with Crippen molar-refractivity contribution in [1.82, 2.24) is 20.2 Å². The summed E-state index contributed by atoms with van der Waals surface area (Å²) in [5.41, 5.74) is 6.96. The van der Waals surface area contributed by atoms with Gasteiger partial charge in [0.1, 0.15) is 11.6 Å². The van der Waals surface area contributed by atoms with E-state index >= 15 is 0 Å². The maximum Gasteiger partial charge on any atom is 0.189 e. The van der Waals surface area contributed by atoms with E-state index in [-0.39, 0.29) is 0 Å². The average Bonchev–Trinajstić information content (AvgIpc) is 3.61. The maximum absolute atomic E-state index is 4.89. The van der Waals surface area contributed by atoms with Gasteiger partial charge in [0.15, 0.2) is 5.13 Å². The van der Waals surface area contributed by atoms with Gasteiger partial charge in [-0.15, -0.1) is 0 Å². The summed E-state index contributed by atoms with van der Waals surface area (Å²) in [5, 5.41) is 7.64. The lowest BCUT2D eigenvalue weighted by Crippen LogP contribution is -2.41. The van der Waals surface area contributed by atoms with Gasteiger partial charge in [-0.2, -0.15) is 9.21 Å². The highest BCUT2D eigenvalue weighted by molar-refractivity contribution is 8.27. The number of thiazole rings is 1. The molecule has 2 aliphatic heterocycles. The number of nitrogens with one attached hydrogen (secondary N) is 2. The van der Waals surface area contributed by atoms with Crippen LogP contribution in [0.2, 0.25) is 0 Å². The van der Waals surface area contributed by atoms with Crippen LogP contribution in [-0.2, 0) is 6.54 Å². The summed E-state index contributed by atoms with van der Waals surface area (Å²) in [6.45, 7) is 16.6. The first-order valence-electron chi connectivity index (χ1n) is 13.6.